The summed E-state index contributed by atoms with van der Waals surface area (Å²) in [6.07, 6.45) is 20.8. The number of fused-ring (bicyclic) bond motifs is 5. The zero-order valence-corrected chi connectivity index (χ0v) is 40.2. The molecule has 4 aliphatic rings. The van der Waals surface area contributed by atoms with E-state index in [2.05, 4.69) is 54.4 Å². The van der Waals surface area contributed by atoms with E-state index in [0.717, 1.165) is 49.4 Å². The van der Waals surface area contributed by atoms with Crippen LogP contribution in [0.15, 0.2) is 21.6 Å². The van der Waals surface area contributed by atoms with E-state index in [9.17, 15) is 14.4 Å². The van der Waals surface area contributed by atoms with Crippen molar-refractivity contribution in [2.24, 2.45) is 73.3 Å². The molecule has 4 aliphatic carbocycles. The molecule has 13 nitrogen and oxygen atoms in total. The van der Waals surface area contributed by atoms with Gasteiger partial charge in [-0.2, -0.15) is 0 Å². The van der Waals surface area contributed by atoms with Gasteiger partial charge in [-0.3, -0.25) is 9.79 Å². The number of nitrogens with two attached hydrogens (primary N) is 4. The number of hydrogen-bond donors (Lipinski definition) is 6. The molecule has 0 spiro atoms. The third-order valence-corrected chi connectivity index (χ3v) is 17.0. The number of ether oxygens (including phenoxy) is 2. The molecule has 0 aliphatic heterocycles. The highest BCUT2D eigenvalue weighted by molar-refractivity contribution is 8.76. The fourth-order valence-corrected chi connectivity index (χ4v) is 13.1. The molecule has 0 bridgehead atoms. The quantitative estimate of drug-likeness (QED) is 0.0153. The predicted octanol–water partition coefficient (Wildman–Crippen LogP) is 7.95. The molecule has 10 N–H and O–H groups in total. The second kappa shape index (κ2) is 23.8. The van der Waals surface area contributed by atoms with Crippen molar-refractivity contribution in [1.82, 2.24) is 10.6 Å². The molecule has 0 saturated heterocycles. The zero-order chi connectivity index (χ0) is 44.8. The van der Waals surface area contributed by atoms with E-state index < -0.39 is 29.7 Å². The van der Waals surface area contributed by atoms with Crippen LogP contribution >= 0.6 is 21.6 Å². The lowest BCUT2D eigenvalue weighted by Crippen LogP contribution is -2.54. The zero-order valence-electron chi connectivity index (χ0n) is 38.6. The number of carbonyl (C=O) groups excluding carboxylic acids is 3. The van der Waals surface area contributed by atoms with E-state index in [4.69, 9.17) is 32.4 Å². The molecule has 3 saturated carbocycles. The highest BCUT2D eigenvalue weighted by atomic mass is 33.1. The number of carbonyl (C=O) groups is 3. The molecule has 0 radical (unpaired) electrons. The summed E-state index contributed by atoms with van der Waals surface area (Å²) >= 11 is 0. The lowest BCUT2D eigenvalue weighted by atomic mass is 9.43. The number of esters is 1. The molecule has 15 heteroatoms. The third kappa shape index (κ3) is 15.2. The standard InChI is InChI=1S/C46H82N8O5S2/c1-8-30(2)14-9-10-15-31-16-13-17-35-34-20-19-32-28-33(21-23-46(32,7)36(34)22-24-45(31,35)6)58-40(56)38(54-43(57)59-44(3,4)5)29-61-60-27-26-51-39(55)37(53-42(49)50)18-11-12-25-52-41(47)48/h19,30-31,33-38H,8-18,20-29H2,1-7H3,(H,51,55)(H,54,57)(H4,47,48,52)(H4,49,50,53). The van der Waals surface area contributed by atoms with E-state index in [1.807, 2.05) is 0 Å². The van der Waals surface area contributed by atoms with E-state index in [1.165, 1.54) is 91.4 Å². The molecule has 0 heterocycles. The monoisotopic (exact) mass is 891 g/mol. The normalized spacial score (nSPS) is 28.6. The summed E-state index contributed by atoms with van der Waals surface area (Å²) in [6, 6.07) is -1.61. The summed E-state index contributed by atoms with van der Waals surface area (Å²) in [5, 5.41) is 5.68. The Morgan fingerprint density at radius 1 is 0.951 bits per heavy atom. The SMILES string of the molecule is CCC(C)CCCCC1CCCC2C3CC=C4CC(OC(=O)C(CSSCCNC(=O)C(CCCCN=C(N)N)N=C(N)N)NC(=O)OC(C)(C)C)CCC4(C)C3CCC12C. The second-order valence-corrected chi connectivity index (χ2v) is 22.6. The smallest absolute Gasteiger partial charge is 0.408 e. The van der Waals surface area contributed by atoms with Crippen molar-refractivity contribution in [3.8, 4) is 0 Å². The number of hydrogen-bond acceptors (Lipinski definition) is 9. The molecule has 61 heavy (non-hydrogen) atoms. The molecule has 0 aromatic rings. The number of amides is 2. The van der Waals surface area contributed by atoms with Crippen molar-refractivity contribution in [3.05, 3.63) is 11.6 Å². The first-order chi connectivity index (χ1) is 28.9. The summed E-state index contributed by atoms with van der Waals surface area (Å²) in [5.41, 5.74) is 23.3. The highest BCUT2D eigenvalue weighted by Crippen LogP contribution is 2.65. The van der Waals surface area contributed by atoms with Crippen LogP contribution in [0.1, 0.15) is 158 Å². The summed E-state index contributed by atoms with van der Waals surface area (Å²) in [4.78, 5) is 47.7. The Bertz CT molecular complexity index is 1530. The summed E-state index contributed by atoms with van der Waals surface area (Å²) in [6.45, 7) is 16.1. The Labute approximate surface area is 375 Å². The maximum atomic E-state index is 13.8. The first-order valence-electron chi connectivity index (χ1n) is 23.4. The van der Waals surface area contributed by atoms with Gasteiger partial charge >= 0.3 is 12.1 Å². The summed E-state index contributed by atoms with van der Waals surface area (Å²) in [5.74, 6) is 3.92. The van der Waals surface area contributed by atoms with Gasteiger partial charge in [-0.25, -0.2) is 14.6 Å². The minimum absolute atomic E-state index is 0.0286. The first-order valence-corrected chi connectivity index (χ1v) is 25.9. The number of nitrogens with zero attached hydrogens (tertiary/aromatic N) is 2. The van der Waals surface area contributed by atoms with Gasteiger partial charge in [0.2, 0.25) is 5.91 Å². The number of alkyl carbamates (subject to hydrolysis) is 1. The minimum atomic E-state index is -0.893. The largest absolute Gasteiger partial charge is 0.460 e. The molecular formula is C46H82N8O5S2. The van der Waals surface area contributed by atoms with Crippen molar-refractivity contribution in [3.63, 3.8) is 0 Å². The summed E-state index contributed by atoms with van der Waals surface area (Å²) < 4.78 is 11.8. The number of aliphatic imine (C=N–C) groups is 2. The minimum Gasteiger partial charge on any atom is -0.460 e. The maximum absolute atomic E-state index is 13.8. The molecule has 0 aromatic carbocycles. The number of unbranched alkanes of at least 4 members (excludes halogenated alkanes) is 2. The van der Waals surface area contributed by atoms with Gasteiger partial charge in [0.25, 0.3) is 0 Å². The van der Waals surface area contributed by atoms with Crippen LogP contribution in [0.3, 0.4) is 0 Å². The van der Waals surface area contributed by atoms with E-state index in [-0.39, 0.29) is 35.1 Å². The Morgan fingerprint density at radius 2 is 1.70 bits per heavy atom. The molecule has 3 fully saturated rings. The Morgan fingerprint density at radius 3 is 2.41 bits per heavy atom. The number of guanidine groups is 2. The first kappa shape index (κ1) is 50.8. The lowest BCUT2D eigenvalue weighted by molar-refractivity contribution is -0.154. The van der Waals surface area contributed by atoms with Gasteiger partial charge in [0, 0.05) is 31.0 Å². The third-order valence-electron chi connectivity index (χ3n) is 14.5. The topological polar surface area (TPSA) is 223 Å². The van der Waals surface area contributed by atoms with Crippen LogP contribution < -0.4 is 33.6 Å². The van der Waals surface area contributed by atoms with Crippen molar-refractivity contribution < 1.29 is 23.9 Å². The van der Waals surface area contributed by atoms with E-state index >= 15 is 0 Å². The van der Waals surface area contributed by atoms with Gasteiger partial charge in [0.05, 0.1) is 0 Å². The van der Waals surface area contributed by atoms with Crippen molar-refractivity contribution in [2.75, 3.05) is 24.6 Å². The van der Waals surface area contributed by atoms with E-state index in [0.29, 0.717) is 49.4 Å². The Hall–Kier alpha value is -2.81. The van der Waals surface area contributed by atoms with Gasteiger partial charge in [-0.1, -0.05) is 93.0 Å². The lowest BCUT2D eigenvalue weighted by Gasteiger charge is -2.62. The summed E-state index contributed by atoms with van der Waals surface area (Å²) in [7, 11) is 2.92. The van der Waals surface area contributed by atoms with Crippen LogP contribution in [0.25, 0.3) is 0 Å². The molecule has 2 amide bonds. The van der Waals surface area contributed by atoms with Crippen LogP contribution in [0.4, 0.5) is 4.79 Å². The van der Waals surface area contributed by atoms with Crippen LogP contribution in [-0.4, -0.2) is 78.3 Å². The fraction of sp³-hybridized carbons (Fsp3) is 0.848. The number of allylic oxidation sites excluding steroid dienone is 1. The van der Waals surface area contributed by atoms with Crippen molar-refractivity contribution in [2.45, 2.75) is 181 Å². The fourth-order valence-electron chi connectivity index (χ4n) is 11.1. The Kier molecular flexibility index (Phi) is 19.8. The average Bonchev–Trinajstić information content (AvgIpc) is 3.18. The maximum Gasteiger partial charge on any atom is 0.408 e. The van der Waals surface area contributed by atoms with E-state index in [1.54, 1.807) is 20.8 Å². The van der Waals surface area contributed by atoms with Crippen molar-refractivity contribution in [1.29, 1.82) is 0 Å². The second-order valence-electron chi connectivity index (χ2n) is 20.0. The Balaban J connectivity index is 1.30. The van der Waals surface area contributed by atoms with Crippen molar-refractivity contribution >= 4 is 51.5 Å². The van der Waals surface area contributed by atoms with Gasteiger partial charge in [0.1, 0.15) is 23.8 Å². The van der Waals surface area contributed by atoms with Gasteiger partial charge in [0.15, 0.2) is 11.9 Å². The highest BCUT2D eigenvalue weighted by Gasteiger charge is 2.57. The number of rotatable bonds is 22. The molecule has 10 unspecified atom stereocenters. The predicted molar refractivity (Wildman–Crippen MR) is 253 cm³/mol. The van der Waals surface area contributed by atoms with Gasteiger partial charge < -0.3 is 43.0 Å². The van der Waals surface area contributed by atoms with Crippen LogP contribution in [0.5, 0.6) is 0 Å². The van der Waals surface area contributed by atoms with Gasteiger partial charge in [-0.05, 0) is 132 Å². The molecule has 0 aromatic heterocycles. The molecular weight excluding hydrogens is 809 g/mol. The van der Waals surface area contributed by atoms with Crippen LogP contribution in [-0.2, 0) is 19.1 Å². The van der Waals surface area contributed by atoms with Crippen LogP contribution in [0.2, 0.25) is 0 Å². The molecule has 348 valence electrons. The average molecular weight is 891 g/mol. The molecule has 10 atom stereocenters. The number of nitrogens with one attached hydrogen (secondary N) is 2. The van der Waals surface area contributed by atoms with Gasteiger partial charge in [-0.15, -0.1) is 0 Å². The van der Waals surface area contributed by atoms with Crippen LogP contribution in [0, 0.1) is 40.4 Å². The molecule has 4 rings (SSSR count).